The maximum Gasteiger partial charge on any atom is 0.266 e. The van der Waals surface area contributed by atoms with Crippen molar-refractivity contribution in [2.75, 3.05) is 6.61 Å². The van der Waals surface area contributed by atoms with Gasteiger partial charge in [-0.1, -0.05) is 12.1 Å². The summed E-state index contributed by atoms with van der Waals surface area (Å²) < 4.78 is 37.8. The highest BCUT2D eigenvalue weighted by molar-refractivity contribution is 5.29. The van der Waals surface area contributed by atoms with Gasteiger partial charge in [-0.05, 0) is 18.1 Å². The van der Waals surface area contributed by atoms with Gasteiger partial charge in [0.25, 0.3) is 6.43 Å². The molecule has 0 aromatic heterocycles. The molecule has 0 spiro atoms. The monoisotopic (exact) mass is 205 g/mol. The van der Waals surface area contributed by atoms with Crippen LogP contribution >= 0.6 is 0 Å². The van der Waals surface area contributed by atoms with Crippen LogP contribution in [-0.2, 0) is 11.3 Å². The average molecular weight is 205 g/mol. The van der Waals surface area contributed by atoms with Crippen molar-refractivity contribution in [2.45, 2.75) is 12.8 Å². The predicted octanol–water partition coefficient (Wildman–Crippen LogP) is 2.20. The predicted molar refractivity (Wildman–Crippen MR) is 45.2 cm³/mol. The van der Waals surface area contributed by atoms with Crippen LogP contribution in [0.1, 0.15) is 17.6 Å². The van der Waals surface area contributed by atoms with E-state index in [0.717, 1.165) is 6.07 Å². The molecule has 2 N–H and O–H groups in total. The van der Waals surface area contributed by atoms with E-state index in [-0.39, 0.29) is 18.6 Å². The third-order valence-electron chi connectivity index (χ3n) is 1.85. The van der Waals surface area contributed by atoms with Crippen LogP contribution in [0.5, 0.6) is 0 Å². The minimum Gasteiger partial charge on any atom is -0.304 e. The summed E-state index contributed by atoms with van der Waals surface area (Å²) in [6, 6.07) is 3.82. The molecular formula is C9H10F3NO. The van der Waals surface area contributed by atoms with Gasteiger partial charge < -0.3 is 4.84 Å². The van der Waals surface area contributed by atoms with Crippen molar-refractivity contribution >= 4 is 0 Å². The molecule has 0 heterocycles. The number of nitrogens with two attached hydrogens (primary N) is 1. The highest BCUT2D eigenvalue weighted by atomic mass is 19.3. The van der Waals surface area contributed by atoms with E-state index in [1.807, 2.05) is 0 Å². The SMILES string of the molecule is NOCCc1cccc(F)c1C(F)F. The molecule has 0 aliphatic heterocycles. The molecular weight excluding hydrogens is 195 g/mol. The molecule has 1 aromatic carbocycles. The average Bonchev–Trinajstić information content (AvgIpc) is 2.14. The van der Waals surface area contributed by atoms with Gasteiger partial charge in [0.2, 0.25) is 0 Å². The zero-order chi connectivity index (χ0) is 10.6. The smallest absolute Gasteiger partial charge is 0.266 e. The zero-order valence-electron chi connectivity index (χ0n) is 7.34. The number of alkyl halides is 2. The largest absolute Gasteiger partial charge is 0.304 e. The second-order valence-electron chi connectivity index (χ2n) is 2.73. The second-order valence-corrected chi connectivity index (χ2v) is 2.73. The lowest BCUT2D eigenvalue weighted by molar-refractivity contribution is 0.133. The van der Waals surface area contributed by atoms with E-state index in [1.165, 1.54) is 12.1 Å². The summed E-state index contributed by atoms with van der Waals surface area (Å²) in [4.78, 5) is 4.25. The fourth-order valence-corrected chi connectivity index (χ4v) is 1.21. The van der Waals surface area contributed by atoms with E-state index in [0.29, 0.717) is 0 Å². The molecule has 5 heteroatoms. The molecule has 0 saturated heterocycles. The van der Waals surface area contributed by atoms with Crippen molar-refractivity contribution in [1.82, 2.24) is 0 Å². The minimum absolute atomic E-state index is 0.0865. The third-order valence-corrected chi connectivity index (χ3v) is 1.85. The summed E-state index contributed by atoms with van der Waals surface area (Å²) in [6.45, 7) is 0.0865. The lowest BCUT2D eigenvalue weighted by Crippen LogP contribution is -2.07. The summed E-state index contributed by atoms with van der Waals surface area (Å²) in [5, 5.41) is 0. The molecule has 0 fully saturated rings. The molecule has 0 atom stereocenters. The number of benzene rings is 1. The summed E-state index contributed by atoms with van der Waals surface area (Å²) >= 11 is 0. The quantitative estimate of drug-likeness (QED) is 0.765. The first-order chi connectivity index (χ1) is 6.66. The first-order valence-corrected chi connectivity index (χ1v) is 4.04. The highest BCUT2D eigenvalue weighted by Crippen LogP contribution is 2.26. The Bertz CT molecular complexity index is 304. The van der Waals surface area contributed by atoms with E-state index in [1.54, 1.807) is 0 Å². The summed E-state index contributed by atoms with van der Waals surface area (Å²) in [6.07, 6.45) is -2.64. The Labute approximate surface area is 79.4 Å². The Hall–Kier alpha value is -1.07. The van der Waals surface area contributed by atoms with Crippen LogP contribution in [0.3, 0.4) is 0 Å². The molecule has 78 valence electrons. The summed E-state index contributed by atoms with van der Waals surface area (Å²) in [7, 11) is 0. The molecule has 0 aliphatic rings. The number of hydrogen-bond acceptors (Lipinski definition) is 2. The first-order valence-electron chi connectivity index (χ1n) is 4.04. The van der Waals surface area contributed by atoms with Gasteiger partial charge in [0.05, 0.1) is 12.2 Å². The third kappa shape index (κ3) is 2.46. The topological polar surface area (TPSA) is 35.2 Å². The standard InChI is InChI=1S/C9H10F3NO/c10-7-3-1-2-6(4-5-14-13)8(7)9(11)12/h1-3,9H,4-5,13H2. The Morgan fingerprint density at radius 1 is 1.36 bits per heavy atom. The molecule has 1 aromatic rings. The van der Waals surface area contributed by atoms with Gasteiger partial charge in [0.15, 0.2) is 0 Å². The number of hydrogen-bond donors (Lipinski definition) is 1. The van der Waals surface area contributed by atoms with Crippen LogP contribution in [0.15, 0.2) is 18.2 Å². The van der Waals surface area contributed by atoms with Crippen molar-refractivity contribution in [3.05, 3.63) is 35.1 Å². The molecule has 2 nitrogen and oxygen atoms in total. The minimum atomic E-state index is -2.82. The number of halogens is 3. The maximum absolute atomic E-state index is 13.0. The van der Waals surface area contributed by atoms with Crippen molar-refractivity contribution in [3.8, 4) is 0 Å². The number of rotatable bonds is 4. The van der Waals surface area contributed by atoms with Gasteiger partial charge in [-0.3, -0.25) is 0 Å². The molecule has 0 aliphatic carbocycles. The lowest BCUT2D eigenvalue weighted by Gasteiger charge is -2.08. The molecule has 0 bridgehead atoms. The van der Waals surface area contributed by atoms with Gasteiger partial charge >= 0.3 is 0 Å². The molecule has 0 saturated carbocycles. The molecule has 1 rings (SSSR count). The van der Waals surface area contributed by atoms with E-state index in [2.05, 4.69) is 4.84 Å². The zero-order valence-corrected chi connectivity index (χ0v) is 7.34. The Balaban J connectivity index is 2.96. The van der Waals surface area contributed by atoms with Gasteiger partial charge in [0.1, 0.15) is 5.82 Å². The van der Waals surface area contributed by atoms with E-state index in [4.69, 9.17) is 5.90 Å². The normalized spacial score (nSPS) is 10.9. The maximum atomic E-state index is 13.0. The van der Waals surface area contributed by atoms with Crippen LogP contribution in [0, 0.1) is 5.82 Å². The lowest BCUT2D eigenvalue weighted by atomic mass is 10.0. The van der Waals surface area contributed by atoms with Gasteiger partial charge in [-0.2, -0.15) is 0 Å². The van der Waals surface area contributed by atoms with Crippen molar-refractivity contribution < 1.29 is 18.0 Å². The van der Waals surface area contributed by atoms with Crippen molar-refractivity contribution in [2.24, 2.45) is 5.90 Å². The Kier molecular flexibility index (Phi) is 3.91. The second kappa shape index (κ2) is 4.97. The Morgan fingerprint density at radius 3 is 2.64 bits per heavy atom. The van der Waals surface area contributed by atoms with Gasteiger partial charge in [0, 0.05) is 0 Å². The van der Waals surface area contributed by atoms with Crippen molar-refractivity contribution in [3.63, 3.8) is 0 Å². The van der Waals surface area contributed by atoms with Crippen LogP contribution in [-0.4, -0.2) is 6.61 Å². The summed E-state index contributed by atoms with van der Waals surface area (Å²) in [5.41, 5.74) is -0.338. The first kappa shape index (κ1) is 11.0. The fourth-order valence-electron chi connectivity index (χ4n) is 1.21. The van der Waals surface area contributed by atoms with Crippen LogP contribution in [0.4, 0.5) is 13.2 Å². The van der Waals surface area contributed by atoms with E-state index < -0.39 is 17.8 Å². The van der Waals surface area contributed by atoms with Crippen LogP contribution in [0.2, 0.25) is 0 Å². The van der Waals surface area contributed by atoms with E-state index >= 15 is 0 Å². The molecule has 14 heavy (non-hydrogen) atoms. The highest BCUT2D eigenvalue weighted by Gasteiger charge is 2.17. The van der Waals surface area contributed by atoms with Gasteiger partial charge in [-0.15, -0.1) is 0 Å². The Morgan fingerprint density at radius 2 is 2.07 bits per heavy atom. The van der Waals surface area contributed by atoms with E-state index in [9.17, 15) is 13.2 Å². The van der Waals surface area contributed by atoms with Crippen LogP contribution < -0.4 is 5.90 Å². The summed E-state index contributed by atoms with van der Waals surface area (Å²) in [5.74, 6) is 3.87. The van der Waals surface area contributed by atoms with Gasteiger partial charge in [-0.25, -0.2) is 19.1 Å². The molecule has 0 unspecified atom stereocenters. The van der Waals surface area contributed by atoms with Crippen molar-refractivity contribution in [1.29, 1.82) is 0 Å². The fraction of sp³-hybridized carbons (Fsp3) is 0.333. The van der Waals surface area contributed by atoms with Crippen LogP contribution in [0.25, 0.3) is 0 Å². The molecule has 0 radical (unpaired) electrons. The molecule has 0 amide bonds.